The summed E-state index contributed by atoms with van der Waals surface area (Å²) >= 11 is 1.51. The number of aromatic hydroxyl groups is 1. The number of aryl methyl sites for hydroxylation is 1. The van der Waals surface area contributed by atoms with Crippen molar-refractivity contribution in [2.45, 2.75) is 13.5 Å². The number of phenols is 1. The smallest absolute Gasteiger partial charge is 0.255 e. The van der Waals surface area contributed by atoms with Gasteiger partial charge in [-0.25, -0.2) is 0 Å². The minimum Gasteiger partial charge on any atom is -0.507 e. The van der Waals surface area contributed by atoms with E-state index in [1.54, 1.807) is 18.2 Å². The molecule has 0 radical (unpaired) electrons. The third-order valence-corrected chi connectivity index (χ3v) is 3.80. The first kappa shape index (κ1) is 15.1. The minimum absolute atomic E-state index is 0.00631. The number of carbonyl (C=O) groups excluding carboxylic acids is 1. The fourth-order valence-corrected chi connectivity index (χ4v) is 2.60. The van der Waals surface area contributed by atoms with Crippen molar-refractivity contribution in [3.8, 4) is 17.6 Å². The molecule has 0 saturated heterocycles. The van der Waals surface area contributed by atoms with Gasteiger partial charge in [0.1, 0.15) is 5.75 Å². The lowest BCUT2D eigenvalue weighted by Gasteiger charge is -2.06. The number of hydrogen-bond acceptors (Lipinski definition) is 4. The molecular weight excluding hydrogens is 284 g/mol. The Labute approximate surface area is 127 Å². The Hall–Kier alpha value is -2.29. The summed E-state index contributed by atoms with van der Waals surface area (Å²) in [7, 11) is 0. The molecule has 0 fully saturated rings. The van der Waals surface area contributed by atoms with Crippen LogP contribution in [0.15, 0.2) is 30.3 Å². The summed E-state index contributed by atoms with van der Waals surface area (Å²) in [6.45, 7) is 2.59. The fourth-order valence-electron chi connectivity index (χ4n) is 1.77. The molecule has 1 amide bonds. The number of thiophene rings is 1. The zero-order chi connectivity index (χ0) is 15.2. The monoisotopic (exact) mass is 300 g/mol. The number of phenolic OH excluding ortho intramolecular Hbond substituents is 1. The van der Waals surface area contributed by atoms with Gasteiger partial charge in [0.15, 0.2) is 0 Å². The van der Waals surface area contributed by atoms with E-state index in [0.29, 0.717) is 13.1 Å². The molecule has 0 unspecified atom stereocenters. The molecule has 5 heteroatoms. The van der Waals surface area contributed by atoms with E-state index in [1.807, 2.05) is 19.1 Å². The van der Waals surface area contributed by atoms with Gasteiger partial charge in [-0.1, -0.05) is 17.9 Å². The van der Waals surface area contributed by atoms with Gasteiger partial charge in [0.25, 0.3) is 5.91 Å². The highest BCUT2D eigenvalue weighted by Gasteiger charge is 2.11. The Kier molecular flexibility index (Phi) is 4.99. The number of hydrogen-bond donors (Lipinski definition) is 3. The molecule has 108 valence electrons. The zero-order valence-electron chi connectivity index (χ0n) is 11.6. The first-order valence-corrected chi connectivity index (χ1v) is 7.27. The number of nitrogens with two attached hydrogens (primary N) is 1. The standard InChI is InChI=1S/C16H16N2O2S/c1-11-4-7-14(15(19)9-11)16(20)18-10-13-6-5-12(21-13)3-2-8-17/h4-7,9,19H,8,10,17H2,1H3,(H,18,20). The maximum absolute atomic E-state index is 12.0. The van der Waals surface area contributed by atoms with Crippen molar-refractivity contribution < 1.29 is 9.90 Å². The van der Waals surface area contributed by atoms with Crippen LogP contribution >= 0.6 is 11.3 Å². The Balaban J connectivity index is 1.99. The molecule has 0 aliphatic heterocycles. The van der Waals surface area contributed by atoms with Gasteiger partial charge < -0.3 is 16.2 Å². The molecule has 21 heavy (non-hydrogen) atoms. The summed E-state index contributed by atoms with van der Waals surface area (Å²) in [6, 6.07) is 8.80. The van der Waals surface area contributed by atoms with Crippen LogP contribution < -0.4 is 11.1 Å². The quantitative estimate of drug-likeness (QED) is 0.759. The van der Waals surface area contributed by atoms with Gasteiger partial charge in [0, 0.05) is 4.88 Å². The molecule has 0 bridgehead atoms. The number of amides is 1. The first-order chi connectivity index (χ1) is 10.1. The van der Waals surface area contributed by atoms with Crippen LogP contribution in [0.2, 0.25) is 0 Å². The van der Waals surface area contributed by atoms with Gasteiger partial charge >= 0.3 is 0 Å². The van der Waals surface area contributed by atoms with Gasteiger partial charge in [-0.3, -0.25) is 4.79 Å². The van der Waals surface area contributed by atoms with E-state index in [4.69, 9.17) is 5.73 Å². The Morgan fingerprint density at radius 1 is 1.38 bits per heavy atom. The highest BCUT2D eigenvalue weighted by Crippen LogP contribution is 2.19. The van der Waals surface area contributed by atoms with E-state index in [1.165, 1.54) is 11.3 Å². The molecule has 1 aromatic carbocycles. The molecule has 0 saturated carbocycles. The van der Waals surface area contributed by atoms with Crippen molar-refractivity contribution in [1.82, 2.24) is 5.32 Å². The van der Waals surface area contributed by atoms with E-state index in [2.05, 4.69) is 17.2 Å². The maximum Gasteiger partial charge on any atom is 0.255 e. The number of benzene rings is 1. The minimum atomic E-state index is -0.296. The second kappa shape index (κ2) is 6.93. The molecule has 2 rings (SSSR count). The normalized spacial score (nSPS) is 9.81. The highest BCUT2D eigenvalue weighted by atomic mass is 32.1. The summed E-state index contributed by atoms with van der Waals surface area (Å²) in [5, 5.41) is 12.6. The van der Waals surface area contributed by atoms with Crippen LogP contribution in [0.1, 0.15) is 25.7 Å². The molecule has 2 aromatic rings. The predicted octanol–water partition coefficient (Wildman–Crippen LogP) is 2.00. The molecule has 0 aliphatic carbocycles. The lowest BCUT2D eigenvalue weighted by molar-refractivity contribution is 0.0948. The van der Waals surface area contributed by atoms with E-state index in [9.17, 15) is 9.90 Å². The van der Waals surface area contributed by atoms with Crippen molar-refractivity contribution in [2.75, 3.05) is 6.54 Å². The van der Waals surface area contributed by atoms with E-state index in [-0.39, 0.29) is 17.2 Å². The summed E-state index contributed by atoms with van der Waals surface area (Å²) in [4.78, 5) is 13.9. The van der Waals surface area contributed by atoms with E-state index >= 15 is 0 Å². The third kappa shape index (κ3) is 4.09. The average molecular weight is 300 g/mol. The molecule has 4 nitrogen and oxygen atoms in total. The van der Waals surface area contributed by atoms with Gasteiger partial charge in [-0.05, 0) is 36.8 Å². The van der Waals surface area contributed by atoms with Crippen LogP contribution in [-0.4, -0.2) is 17.6 Å². The summed E-state index contributed by atoms with van der Waals surface area (Å²) in [6.07, 6.45) is 0. The molecule has 4 N–H and O–H groups in total. The zero-order valence-corrected chi connectivity index (χ0v) is 12.5. The van der Waals surface area contributed by atoms with Crippen molar-refractivity contribution in [2.24, 2.45) is 5.73 Å². The van der Waals surface area contributed by atoms with Crippen molar-refractivity contribution >= 4 is 17.2 Å². The summed E-state index contributed by atoms with van der Waals surface area (Å²) in [5.41, 5.74) is 6.51. The predicted molar refractivity (Wildman–Crippen MR) is 84.3 cm³/mol. The topological polar surface area (TPSA) is 75.4 Å². The number of carbonyl (C=O) groups is 1. The molecule has 0 aliphatic rings. The van der Waals surface area contributed by atoms with Gasteiger partial charge in [0.05, 0.1) is 23.5 Å². The number of rotatable bonds is 3. The van der Waals surface area contributed by atoms with E-state index < -0.39 is 0 Å². The maximum atomic E-state index is 12.0. The Morgan fingerprint density at radius 3 is 2.90 bits per heavy atom. The second-order valence-electron chi connectivity index (χ2n) is 4.48. The first-order valence-electron chi connectivity index (χ1n) is 6.45. The largest absolute Gasteiger partial charge is 0.507 e. The molecule has 0 spiro atoms. The Bertz CT molecular complexity index is 711. The molecule has 0 atom stereocenters. The van der Waals surface area contributed by atoms with Crippen molar-refractivity contribution in [3.05, 3.63) is 51.2 Å². The summed E-state index contributed by atoms with van der Waals surface area (Å²) in [5.74, 6) is 5.44. The Morgan fingerprint density at radius 2 is 2.19 bits per heavy atom. The van der Waals surface area contributed by atoms with Gasteiger partial charge in [0.2, 0.25) is 0 Å². The van der Waals surface area contributed by atoms with Crippen LogP contribution in [0.3, 0.4) is 0 Å². The van der Waals surface area contributed by atoms with E-state index in [0.717, 1.165) is 15.3 Å². The molecule has 1 aromatic heterocycles. The van der Waals surface area contributed by atoms with Gasteiger partial charge in [-0.2, -0.15) is 0 Å². The number of nitrogens with one attached hydrogen (secondary N) is 1. The van der Waals surface area contributed by atoms with Crippen LogP contribution in [-0.2, 0) is 6.54 Å². The molecular formula is C16H16N2O2S. The third-order valence-electron chi connectivity index (χ3n) is 2.80. The van der Waals surface area contributed by atoms with Gasteiger partial charge in [-0.15, -0.1) is 11.3 Å². The molecule has 1 heterocycles. The summed E-state index contributed by atoms with van der Waals surface area (Å²) < 4.78 is 0. The lowest BCUT2D eigenvalue weighted by atomic mass is 10.1. The highest BCUT2D eigenvalue weighted by molar-refractivity contribution is 7.12. The SMILES string of the molecule is Cc1ccc(C(=O)NCc2ccc(C#CCN)s2)c(O)c1. The lowest BCUT2D eigenvalue weighted by Crippen LogP contribution is -2.22. The average Bonchev–Trinajstić information content (AvgIpc) is 2.90. The fraction of sp³-hybridized carbons (Fsp3) is 0.188. The van der Waals surface area contributed by atoms with Crippen molar-refractivity contribution in [3.63, 3.8) is 0 Å². The van der Waals surface area contributed by atoms with Crippen LogP contribution in [0.25, 0.3) is 0 Å². The van der Waals surface area contributed by atoms with Crippen LogP contribution in [0, 0.1) is 18.8 Å². The van der Waals surface area contributed by atoms with Crippen LogP contribution in [0.4, 0.5) is 0 Å². The second-order valence-corrected chi connectivity index (χ2v) is 5.64. The van der Waals surface area contributed by atoms with Crippen molar-refractivity contribution in [1.29, 1.82) is 0 Å². The van der Waals surface area contributed by atoms with Crippen LogP contribution in [0.5, 0.6) is 5.75 Å².